The minimum atomic E-state index is -0.161. The predicted octanol–water partition coefficient (Wildman–Crippen LogP) is -0.690. The molecule has 1 rings (SSSR count). The number of ether oxygens (including phenoxy) is 1. The van der Waals surface area contributed by atoms with E-state index in [4.69, 9.17) is 10.6 Å². The number of hydrogen-bond acceptors (Lipinski definition) is 5. The van der Waals surface area contributed by atoms with Crippen LogP contribution in [-0.4, -0.2) is 40.9 Å². The van der Waals surface area contributed by atoms with Gasteiger partial charge in [-0.25, -0.2) is 15.8 Å². The third-order valence-corrected chi connectivity index (χ3v) is 2.09. The maximum atomic E-state index is 5.39. The minimum absolute atomic E-state index is 0.108. The average molecular weight is 241 g/mol. The van der Waals surface area contributed by atoms with Crippen LogP contribution in [0.3, 0.4) is 0 Å². The Labute approximate surface area is 100 Å². The molecule has 8 heteroatoms. The maximum absolute atomic E-state index is 5.39. The van der Waals surface area contributed by atoms with Crippen molar-refractivity contribution < 1.29 is 4.74 Å². The zero-order valence-corrected chi connectivity index (χ0v) is 10.3. The number of methoxy groups -OCH3 is 1. The molecule has 2 atom stereocenters. The average Bonchev–Trinajstić information content (AvgIpc) is 2.81. The molecule has 0 saturated carbocycles. The number of aromatic amines is 1. The Morgan fingerprint density at radius 2 is 2.41 bits per heavy atom. The second-order valence-corrected chi connectivity index (χ2v) is 3.67. The van der Waals surface area contributed by atoms with Gasteiger partial charge in [0.25, 0.3) is 0 Å². The molecule has 0 saturated heterocycles. The van der Waals surface area contributed by atoms with E-state index in [-0.39, 0.29) is 12.1 Å². The number of guanidine groups is 1. The number of nitrogens with one attached hydrogen (secondary N) is 3. The topological polar surface area (TPSA) is 113 Å². The van der Waals surface area contributed by atoms with Crippen molar-refractivity contribution in [2.75, 3.05) is 13.7 Å². The van der Waals surface area contributed by atoms with Crippen molar-refractivity contribution in [3.63, 3.8) is 0 Å². The number of nitrogens with two attached hydrogens (primary N) is 1. The van der Waals surface area contributed by atoms with Crippen LogP contribution in [0, 0.1) is 0 Å². The molecule has 0 aromatic carbocycles. The third kappa shape index (κ3) is 4.37. The molecule has 0 aliphatic carbocycles. The molecule has 2 unspecified atom stereocenters. The zero-order chi connectivity index (χ0) is 12.7. The van der Waals surface area contributed by atoms with Crippen LogP contribution in [0.25, 0.3) is 0 Å². The van der Waals surface area contributed by atoms with Gasteiger partial charge in [0.1, 0.15) is 18.2 Å². The van der Waals surface area contributed by atoms with E-state index in [0.29, 0.717) is 18.4 Å². The van der Waals surface area contributed by atoms with Gasteiger partial charge in [0.15, 0.2) is 0 Å². The minimum Gasteiger partial charge on any atom is -0.383 e. The lowest BCUT2D eigenvalue weighted by Crippen LogP contribution is -2.47. The Balaban J connectivity index is 2.60. The van der Waals surface area contributed by atoms with Gasteiger partial charge in [-0.05, 0) is 13.8 Å². The van der Waals surface area contributed by atoms with Gasteiger partial charge < -0.3 is 10.1 Å². The molecular formula is C9H19N7O. The number of H-pyrrole nitrogens is 1. The Morgan fingerprint density at radius 1 is 1.65 bits per heavy atom. The fourth-order valence-corrected chi connectivity index (χ4v) is 1.31. The van der Waals surface area contributed by atoms with Crippen molar-refractivity contribution in [2.45, 2.75) is 25.9 Å². The van der Waals surface area contributed by atoms with Gasteiger partial charge in [-0.15, -0.1) is 0 Å². The standard InChI is InChI=1S/C9H19N7O/c1-6(4-17-3)13-9(15-10)14-7(2)8-11-5-12-16-8/h5-7H,4,10H2,1-3H3,(H,11,12,16)(H2,13,14,15). The molecule has 17 heavy (non-hydrogen) atoms. The van der Waals surface area contributed by atoms with E-state index in [1.807, 2.05) is 13.8 Å². The molecule has 1 aromatic rings. The van der Waals surface area contributed by atoms with Crippen molar-refractivity contribution >= 4 is 5.96 Å². The van der Waals surface area contributed by atoms with Crippen LogP contribution in [0.4, 0.5) is 0 Å². The Bertz CT molecular complexity index is 337. The molecule has 5 N–H and O–H groups in total. The van der Waals surface area contributed by atoms with Crippen molar-refractivity contribution in [1.29, 1.82) is 0 Å². The summed E-state index contributed by atoms with van der Waals surface area (Å²) in [5.41, 5.74) is 2.51. The van der Waals surface area contributed by atoms with E-state index in [0.717, 1.165) is 0 Å². The van der Waals surface area contributed by atoms with Crippen molar-refractivity contribution in [1.82, 2.24) is 25.9 Å². The van der Waals surface area contributed by atoms with Crippen LogP contribution in [0.5, 0.6) is 0 Å². The lowest BCUT2D eigenvalue weighted by atomic mass is 10.3. The first kappa shape index (κ1) is 13.4. The van der Waals surface area contributed by atoms with Gasteiger partial charge in [-0.1, -0.05) is 0 Å². The number of hydrazine groups is 1. The van der Waals surface area contributed by atoms with Crippen LogP contribution in [0.15, 0.2) is 11.3 Å². The van der Waals surface area contributed by atoms with Crippen molar-refractivity contribution in [3.05, 3.63) is 12.2 Å². The number of aromatic nitrogens is 3. The van der Waals surface area contributed by atoms with Crippen molar-refractivity contribution in [3.8, 4) is 0 Å². The SMILES string of the molecule is COCC(C)NC(=NC(C)c1ncn[nH]1)NN. The summed E-state index contributed by atoms with van der Waals surface area (Å²) in [6.07, 6.45) is 1.44. The summed E-state index contributed by atoms with van der Waals surface area (Å²) >= 11 is 0. The summed E-state index contributed by atoms with van der Waals surface area (Å²) in [5, 5.41) is 9.61. The molecule has 1 heterocycles. The van der Waals surface area contributed by atoms with E-state index >= 15 is 0 Å². The second kappa shape index (κ2) is 6.81. The van der Waals surface area contributed by atoms with Crippen LogP contribution in [0.1, 0.15) is 25.7 Å². The molecule has 1 aromatic heterocycles. The molecule has 0 amide bonds. The number of nitrogens with zero attached hydrogens (tertiary/aromatic N) is 3. The molecule has 0 radical (unpaired) electrons. The fraction of sp³-hybridized carbons (Fsp3) is 0.667. The highest BCUT2D eigenvalue weighted by Gasteiger charge is 2.09. The maximum Gasteiger partial charge on any atom is 0.206 e. The van der Waals surface area contributed by atoms with Crippen LogP contribution >= 0.6 is 0 Å². The molecule has 0 fully saturated rings. The summed E-state index contributed by atoms with van der Waals surface area (Å²) in [6, 6.07) is -0.0532. The third-order valence-electron chi connectivity index (χ3n) is 2.09. The van der Waals surface area contributed by atoms with Gasteiger partial charge >= 0.3 is 0 Å². The Morgan fingerprint density at radius 3 is 2.94 bits per heavy atom. The molecule has 0 aliphatic rings. The van der Waals surface area contributed by atoms with Crippen LogP contribution < -0.4 is 16.6 Å². The highest BCUT2D eigenvalue weighted by molar-refractivity contribution is 5.79. The smallest absolute Gasteiger partial charge is 0.206 e. The molecule has 0 spiro atoms. The molecule has 96 valence electrons. The van der Waals surface area contributed by atoms with Gasteiger partial charge in [-0.2, -0.15) is 5.10 Å². The Kier molecular flexibility index (Phi) is 5.37. The van der Waals surface area contributed by atoms with E-state index in [2.05, 4.69) is 30.9 Å². The van der Waals surface area contributed by atoms with Gasteiger partial charge in [0.2, 0.25) is 5.96 Å². The summed E-state index contributed by atoms with van der Waals surface area (Å²) < 4.78 is 5.01. The van der Waals surface area contributed by atoms with Gasteiger partial charge in [0, 0.05) is 13.2 Å². The molecular weight excluding hydrogens is 222 g/mol. The van der Waals surface area contributed by atoms with Gasteiger partial charge in [-0.3, -0.25) is 10.5 Å². The normalized spacial score (nSPS) is 15.4. The lowest BCUT2D eigenvalue weighted by molar-refractivity contribution is 0.179. The van der Waals surface area contributed by atoms with E-state index in [9.17, 15) is 0 Å². The van der Waals surface area contributed by atoms with Crippen LogP contribution in [-0.2, 0) is 4.74 Å². The zero-order valence-electron chi connectivity index (χ0n) is 10.3. The molecule has 0 aliphatic heterocycles. The van der Waals surface area contributed by atoms with Crippen LogP contribution in [0.2, 0.25) is 0 Å². The molecule has 8 nitrogen and oxygen atoms in total. The summed E-state index contributed by atoms with van der Waals surface area (Å²) in [4.78, 5) is 8.36. The Hall–Kier alpha value is -1.67. The largest absolute Gasteiger partial charge is 0.383 e. The summed E-state index contributed by atoms with van der Waals surface area (Å²) in [6.45, 7) is 4.42. The second-order valence-electron chi connectivity index (χ2n) is 3.67. The quantitative estimate of drug-likeness (QED) is 0.235. The first-order valence-electron chi connectivity index (χ1n) is 5.32. The highest BCUT2D eigenvalue weighted by Crippen LogP contribution is 2.09. The van der Waals surface area contributed by atoms with E-state index < -0.39 is 0 Å². The first-order valence-corrected chi connectivity index (χ1v) is 5.32. The molecule has 0 bridgehead atoms. The highest BCUT2D eigenvalue weighted by atomic mass is 16.5. The number of aliphatic imine (C=N–C) groups is 1. The first-order chi connectivity index (χ1) is 8.17. The predicted molar refractivity (Wildman–Crippen MR) is 64.0 cm³/mol. The van der Waals surface area contributed by atoms with Crippen molar-refractivity contribution in [2.24, 2.45) is 10.8 Å². The monoisotopic (exact) mass is 241 g/mol. The van der Waals surface area contributed by atoms with Gasteiger partial charge in [0.05, 0.1) is 6.61 Å². The number of rotatable bonds is 5. The summed E-state index contributed by atoms with van der Waals surface area (Å²) in [7, 11) is 1.64. The lowest BCUT2D eigenvalue weighted by Gasteiger charge is -2.16. The fourth-order valence-electron chi connectivity index (χ4n) is 1.31. The number of hydrogen-bond donors (Lipinski definition) is 4. The van der Waals surface area contributed by atoms with E-state index in [1.165, 1.54) is 6.33 Å². The van der Waals surface area contributed by atoms with E-state index in [1.54, 1.807) is 7.11 Å². The summed E-state index contributed by atoms with van der Waals surface area (Å²) in [5.74, 6) is 6.55.